The molecule has 0 aliphatic carbocycles. The van der Waals surface area contributed by atoms with Crippen molar-refractivity contribution in [2.45, 2.75) is 37.2 Å². The standard InChI is InChI=1S/C20H24ClN3O4S/c1-13(14-7-5-4-6-8-14)24-20(2,3)12-22-29(26,27)18-10-17-16(9-15(18)21)23-19(25)11-28-17/h4-10,13,22,24H,11-12H2,1-3H3,(H,23,25). The van der Waals surface area contributed by atoms with E-state index in [0.29, 0.717) is 5.69 Å². The molecule has 0 aromatic heterocycles. The molecule has 0 bridgehead atoms. The zero-order valence-corrected chi connectivity index (χ0v) is 18.0. The molecular weight excluding hydrogens is 414 g/mol. The van der Waals surface area contributed by atoms with Gasteiger partial charge in [-0.15, -0.1) is 0 Å². The number of ether oxygens (including phenoxy) is 1. The van der Waals surface area contributed by atoms with Crippen LogP contribution in [0.2, 0.25) is 5.02 Å². The lowest BCUT2D eigenvalue weighted by molar-refractivity contribution is -0.118. The highest BCUT2D eigenvalue weighted by atomic mass is 35.5. The summed E-state index contributed by atoms with van der Waals surface area (Å²) in [5.41, 5.74) is 0.942. The van der Waals surface area contributed by atoms with Crippen LogP contribution in [0.5, 0.6) is 5.75 Å². The van der Waals surface area contributed by atoms with Gasteiger partial charge in [-0.25, -0.2) is 13.1 Å². The Hall–Kier alpha value is -2.13. The van der Waals surface area contributed by atoms with E-state index in [1.54, 1.807) is 0 Å². The van der Waals surface area contributed by atoms with Crippen molar-refractivity contribution in [2.75, 3.05) is 18.5 Å². The second-order valence-corrected chi connectivity index (χ2v) is 9.74. The quantitative estimate of drug-likeness (QED) is 0.618. The summed E-state index contributed by atoms with van der Waals surface area (Å²) in [6.07, 6.45) is 0. The minimum atomic E-state index is -3.89. The van der Waals surface area contributed by atoms with Crippen molar-refractivity contribution in [1.29, 1.82) is 0 Å². The van der Waals surface area contributed by atoms with E-state index in [1.165, 1.54) is 12.1 Å². The predicted molar refractivity (Wildman–Crippen MR) is 113 cm³/mol. The van der Waals surface area contributed by atoms with Crippen molar-refractivity contribution in [3.63, 3.8) is 0 Å². The van der Waals surface area contributed by atoms with Crippen LogP contribution < -0.4 is 20.1 Å². The first kappa shape index (κ1) is 21.6. The fraction of sp³-hybridized carbons (Fsp3) is 0.350. The number of halogens is 1. The second-order valence-electron chi connectivity index (χ2n) is 7.60. The minimum Gasteiger partial charge on any atom is -0.482 e. The minimum absolute atomic E-state index is 0.00506. The summed E-state index contributed by atoms with van der Waals surface area (Å²) in [6, 6.07) is 12.7. The summed E-state index contributed by atoms with van der Waals surface area (Å²) in [6.45, 7) is 5.84. The molecule has 1 atom stereocenters. The van der Waals surface area contributed by atoms with Gasteiger partial charge < -0.3 is 15.4 Å². The number of nitrogens with one attached hydrogen (secondary N) is 3. The van der Waals surface area contributed by atoms with Crippen LogP contribution in [0.3, 0.4) is 0 Å². The number of hydrogen-bond acceptors (Lipinski definition) is 5. The van der Waals surface area contributed by atoms with Gasteiger partial charge in [-0.3, -0.25) is 4.79 Å². The lowest BCUT2D eigenvalue weighted by Gasteiger charge is -2.31. The Morgan fingerprint density at radius 1 is 1.24 bits per heavy atom. The van der Waals surface area contributed by atoms with Gasteiger partial charge in [-0.1, -0.05) is 41.9 Å². The molecule has 0 saturated carbocycles. The molecule has 0 spiro atoms. The summed E-state index contributed by atoms with van der Waals surface area (Å²) < 4.78 is 33.6. The van der Waals surface area contributed by atoms with Crippen molar-refractivity contribution in [3.05, 3.63) is 53.1 Å². The van der Waals surface area contributed by atoms with Gasteiger partial charge in [0.1, 0.15) is 10.6 Å². The molecule has 156 valence electrons. The Labute approximate surface area is 175 Å². The lowest BCUT2D eigenvalue weighted by atomic mass is 10.0. The number of fused-ring (bicyclic) bond motifs is 1. The number of amides is 1. The van der Waals surface area contributed by atoms with E-state index in [9.17, 15) is 13.2 Å². The predicted octanol–water partition coefficient (Wildman–Crippen LogP) is 3.08. The van der Waals surface area contributed by atoms with Crippen LogP contribution in [0.25, 0.3) is 0 Å². The molecule has 29 heavy (non-hydrogen) atoms. The average Bonchev–Trinajstić information content (AvgIpc) is 2.66. The molecular formula is C20H24ClN3O4S. The molecule has 1 amide bonds. The number of sulfonamides is 1. The third-order valence-corrected chi connectivity index (χ3v) is 6.43. The van der Waals surface area contributed by atoms with Gasteiger partial charge in [0, 0.05) is 24.2 Å². The molecule has 3 rings (SSSR count). The van der Waals surface area contributed by atoms with E-state index in [-0.39, 0.29) is 40.8 Å². The number of benzene rings is 2. The number of anilines is 1. The van der Waals surface area contributed by atoms with Crippen LogP contribution in [0, 0.1) is 0 Å². The van der Waals surface area contributed by atoms with E-state index in [4.69, 9.17) is 16.3 Å². The highest BCUT2D eigenvalue weighted by molar-refractivity contribution is 7.89. The maximum atomic E-state index is 12.8. The van der Waals surface area contributed by atoms with E-state index >= 15 is 0 Å². The van der Waals surface area contributed by atoms with E-state index in [1.807, 2.05) is 51.1 Å². The normalized spacial score (nSPS) is 15.2. The van der Waals surface area contributed by atoms with Crippen LogP contribution in [0.4, 0.5) is 5.69 Å². The summed E-state index contributed by atoms with van der Waals surface area (Å²) in [7, 11) is -3.89. The number of carbonyl (C=O) groups excluding carboxylic acids is 1. The van der Waals surface area contributed by atoms with E-state index in [2.05, 4.69) is 15.4 Å². The van der Waals surface area contributed by atoms with Crippen molar-refractivity contribution < 1.29 is 17.9 Å². The van der Waals surface area contributed by atoms with Crippen LogP contribution in [0.15, 0.2) is 47.4 Å². The largest absolute Gasteiger partial charge is 0.482 e. The van der Waals surface area contributed by atoms with Gasteiger partial charge in [0.05, 0.1) is 10.7 Å². The van der Waals surface area contributed by atoms with Gasteiger partial charge in [-0.05, 0) is 32.4 Å². The summed E-state index contributed by atoms with van der Waals surface area (Å²) in [5, 5.41) is 6.04. The maximum absolute atomic E-state index is 12.8. The van der Waals surface area contributed by atoms with Gasteiger partial charge in [0.25, 0.3) is 5.91 Å². The summed E-state index contributed by atoms with van der Waals surface area (Å²) >= 11 is 6.17. The van der Waals surface area contributed by atoms with Crippen molar-refractivity contribution in [2.24, 2.45) is 0 Å². The molecule has 1 heterocycles. The first-order valence-corrected chi connectivity index (χ1v) is 11.0. The Morgan fingerprint density at radius 3 is 2.62 bits per heavy atom. The van der Waals surface area contributed by atoms with E-state index in [0.717, 1.165) is 5.56 Å². The van der Waals surface area contributed by atoms with Crippen molar-refractivity contribution >= 4 is 33.2 Å². The molecule has 3 N–H and O–H groups in total. The first-order valence-electron chi connectivity index (χ1n) is 9.16. The SMILES string of the molecule is CC(NC(C)(C)CNS(=O)(=O)c1cc2c(cc1Cl)NC(=O)CO2)c1ccccc1. The highest BCUT2D eigenvalue weighted by Crippen LogP contribution is 2.35. The Kier molecular flexibility index (Phi) is 6.19. The van der Waals surface area contributed by atoms with Crippen LogP contribution in [0.1, 0.15) is 32.4 Å². The van der Waals surface area contributed by atoms with Gasteiger partial charge in [0.15, 0.2) is 6.61 Å². The monoisotopic (exact) mass is 437 g/mol. The third kappa shape index (κ3) is 5.27. The molecule has 1 aliphatic heterocycles. The second kappa shape index (κ2) is 8.31. The maximum Gasteiger partial charge on any atom is 0.262 e. The van der Waals surface area contributed by atoms with Gasteiger partial charge in [0.2, 0.25) is 10.0 Å². The molecule has 1 aliphatic rings. The molecule has 0 fully saturated rings. The average molecular weight is 438 g/mol. The third-order valence-electron chi connectivity index (χ3n) is 4.57. The number of rotatable bonds is 7. The topological polar surface area (TPSA) is 96.5 Å². The highest BCUT2D eigenvalue weighted by Gasteiger charge is 2.27. The Bertz CT molecular complexity index is 1010. The molecule has 9 heteroatoms. The zero-order chi connectivity index (χ0) is 21.2. The van der Waals surface area contributed by atoms with Gasteiger partial charge in [-0.2, -0.15) is 0 Å². The summed E-state index contributed by atoms with van der Waals surface area (Å²) in [4.78, 5) is 11.3. The molecule has 2 aromatic rings. The van der Waals surface area contributed by atoms with Crippen LogP contribution >= 0.6 is 11.6 Å². The van der Waals surface area contributed by atoms with Crippen LogP contribution in [-0.2, 0) is 14.8 Å². The Morgan fingerprint density at radius 2 is 1.93 bits per heavy atom. The number of hydrogen-bond donors (Lipinski definition) is 3. The first-order chi connectivity index (χ1) is 13.6. The summed E-state index contributed by atoms with van der Waals surface area (Å²) in [5.74, 6) is -0.0490. The lowest BCUT2D eigenvalue weighted by Crippen LogP contribution is -2.49. The molecule has 7 nitrogen and oxygen atoms in total. The van der Waals surface area contributed by atoms with E-state index < -0.39 is 15.6 Å². The molecule has 2 aromatic carbocycles. The van der Waals surface area contributed by atoms with Gasteiger partial charge >= 0.3 is 0 Å². The number of carbonyl (C=O) groups is 1. The molecule has 1 unspecified atom stereocenters. The fourth-order valence-corrected chi connectivity index (χ4v) is 4.86. The van der Waals surface area contributed by atoms with Crippen LogP contribution in [-0.4, -0.2) is 33.0 Å². The Balaban J connectivity index is 1.71. The molecule has 0 radical (unpaired) electrons. The van der Waals surface area contributed by atoms with Crippen molar-refractivity contribution in [1.82, 2.24) is 10.0 Å². The smallest absolute Gasteiger partial charge is 0.262 e. The van der Waals surface area contributed by atoms with Crippen molar-refractivity contribution in [3.8, 4) is 5.75 Å². The zero-order valence-electron chi connectivity index (χ0n) is 16.5. The molecule has 0 saturated heterocycles. The fourth-order valence-electron chi connectivity index (χ4n) is 3.10.